The second-order valence-electron chi connectivity index (χ2n) is 15.4. The van der Waals surface area contributed by atoms with Gasteiger partial charge in [0.2, 0.25) is 0 Å². The number of hydrogen-bond donors (Lipinski definition) is 0. The molecule has 0 unspecified atom stereocenters. The van der Waals surface area contributed by atoms with Crippen molar-refractivity contribution < 1.29 is 61.6 Å². The molecule has 0 aromatic carbocycles. The van der Waals surface area contributed by atoms with Crippen molar-refractivity contribution >= 4 is 5.97 Å². The Morgan fingerprint density at radius 3 is 0.689 bits per heavy atom. The molecule has 0 atom stereocenters. The number of carbonyl (C=O) groups excluding carboxylic acids is 1. The topological polar surface area (TPSA) is 128 Å². The SMILES string of the molecule is CCCCCCCCCCCCCCCCCC(=O)OCCOCCOCCOCCOCCOCCOCCOCCOCCOCCOCCOCCCCCCCC. The molecule has 0 aliphatic carbocycles. The summed E-state index contributed by atoms with van der Waals surface area (Å²) in [5.41, 5.74) is 0. The molecule has 13 heteroatoms. The Morgan fingerprint density at radius 2 is 0.426 bits per heavy atom. The van der Waals surface area contributed by atoms with Gasteiger partial charge >= 0.3 is 5.97 Å². The molecule has 0 bridgehead atoms. The number of hydrogen-bond acceptors (Lipinski definition) is 13. The van der Waals surface area contributed by atoms with Gasteiger partial charge in [-0.25, -0.2) is 0 Å². The van der Waals surface area contributed by atoms with Crippen LogP contribution in [0.3, 0.4) is 0 Å². The van der Waals surface area contributed by atoms with Gasteiger partial charge in [-0.05, 0) is 12.8 Å². The van der Waals surface area contributed by atoms with E-state index in [4.69, 9.17) is 56.8 Å². The maximum Gasteiger partial charge on any atom is 0.305 e. The predicted molar refractivity (Wildman–Crippen MR) is 243 cm³/mol. The molecule has 0 heterocycles. The number of ether oxygens (including phenoxy) is 12. The van der Waals surface area contributed by atoms with Gasteiger partial charge in [0, 0.05) is 13.0 Å². The van der Waals surface area contributed by atoms with E-state index in [0.717, 1.165) is 25.9 Å². The Bertz CT molecular complexity index is 795. The molecular formula is C48H96O13. The Kier molecular flexibility index (Phi) is 56.1. The van der Waals surface area contributed by atoms with Crippen LogP contribution < -0.4 is 0 Å². The first kappa shape index (κ1) is 60.0. The van der Waals surface area contributed by atoms with Crippen molar-refractivity contribution in [2.24, 2.45) is 0 Å². The summed E-state index contributed by atoms with van der Waals surface area (Å²) in [4.78, 5) is 11.9. The molecule has 0 N–H and O–H groups in total. The van der Waals surface area contributed by atoms with E-state index in [9.17, 15) is 4.79 Å². The first-order valence-corrected chi connectivity index (χ1v) is 24.8. The number of unbranched alkanes of at least 4 members (excludes halogenated alkanes) is 19. The lowest BCUT2D eigenvalue weighted by molar-refractivity contribution is -0.145. The molecule has 0 aliphatic rings. The predicted octanol–water partition coefficient (Wildman–Crippen LogP) is 9.33. The quantitative estimate of drug-likeness (QED) is 0.0426. The summed E-state index contributed by atoms with van der Waals surface area (Å²) in [6, 6.07) is 0. The zero-order chi connectivity index (χ0) is 43.9. The third-order valence-electron chi connectivity index (χ3n) is 9.84. The van der Waals surface area contributed by atoms with E-state index in [2.05, 4.69) is 13.8 Å². The molecule has 0 aliphatic heterocycles. The summed E-state index contributed by atoms with van der Waals surface area (Å²) in [7, 11) is 0. The van der Waals surface area contributed by atoms with E-state index in [1.165, 1.54) is 116 Å². The van der Waals surface area contributed by atoms with Crippen molar-refractivity contribution in [1.82, 2.24) is 0 Å². The van der Waals surface area contributed by atoms with Crippen LogP contribution in [-0.4, -0.2) is 158 Å². The molecule has 0 radical (unpaired) electrons. The number of rotatable bonds is 56. The lowest BCUT2D eigenvalue weighted by Crippen LogP contribution is -2.15. The van der Waals surface area contributed by atoms with Crippen LogP contribution in [-0.2, 0) is 61.6 Å². The van der Waals surface area contributed by atoms with Crippen molar-refractivity contribution in [3.63, 3.8) is 0 Å². The Labute approximate surface area is 373 Å². The van der Waals surface area contributed by atoms with E-state index < -0.39 is 0 Å². The van der Waals surface area contributed by atoms with Crippen molar-refractivity contribution in [3.05, 3.63) is 0 Å². The monoisotopic (exact) mass is 881 g/mol. The minimum absolute atomic E-state index is 0.129. The normalized spacial score (nSPS) is 11.6. The van der Waals surface area contributed by atoms with Crippen molar-refractivity contribution in [2.45, 2.75) is 155 Å². The van der Waals surface area contributed by atoms with E-state index in [1.807, 2.05) is 0 Å². The average Bonchev–Trinajstić information content (AvgIpc) is 3.27. The van der Waals surface area contributed by atoms with E-state index >= 15 is 0 Å². The Hall–Kier alpha value is -0.970. The van der Waals surface area contributed by atoms with Gasteiger partial charge in [0.25, 0.3) is 0 Å². The Morgan fingerprint density at radius 1 is 0.230 bits per heavy atom. The van der Waals surface area contributed by atoms with Gasteiger partial charge in [0.1, 0.15) is 6.61 Å². The smallest absolute Gasteiger partial charge is 0.305 e. The van der Waals surface area contributed by atoms with E-state index in [1.54, 1.807) is 0 Å². The standard InChI is InChI=1S/C48H96O13/c1-3-5-7-9-11-12-13-14-15-16-17-18-19-20-22-24-48(49)61-47-46-60-45-44-59-43-42-58-41-40-57-39-38-56-37-36-55-35-34-54-33-32-53-31-30-52-29-28-51-27-26-50-25-23-21-10-8-6-4-2/h3-47H2,1-2H3. The molecule has 0 aromatic rings. The highest BCUT2D eigenvalue weighted by Gasteiger charge is 2.03. The molecule has 0 spiro atoms. The lowest BCUT2D eigenvalue weighted by Gasteiger charge is -2.09. The first-order valence-electron chi connectivity index (χ1n) is 24.8. The van der Waals surface area contributed by atoms with Crippen LogP contribution in [0.15, 0.2) is 0 Å². The molecule has 366 valence electrons. The molecule has 13 nitrogen and oxygen atoms in total. The van der Waals surface area contributed by atoms with Gasteiger partial charge < -0.3 is 56.8 Å². The molecule has 0 saturated heterocycles. The maximum atomic E-state index is 11.9. The van der Waals surface area contributed by atoms with Gasteiger partial charge in [0.15, 0.2) is 0 Å². The lowest BCUT2D eigenvalue weighted by atomic mass is 10.0. The van der Waals surface area contributed by atoms with Gasteiger partial charge in [0.05, 0.1) is 139 Å². The second-order valence-corrected chi connectivity index (χ2v) is 15.4. The highest BCUT2D eigenvalue weighted by Crippen LogP contribution is 2.14. The summed E-state index contributed by atoms with van der Waals surface area (Å²) in [6.07, 6.45) is 27.9. The fourth-order valence-electron chi connectivity index (χ4n) is 6.21. The van der Waals surface area contributed by atoms with Crippen molar-refractivity contribution in [1.29, 1.82) is 0 Å². The van der Waals surface area contributed by atoms with Crippen LogP contribution in [0, 0.1) is 0 Å². The molecule has 61 heavy (non-hydrogen) atoms. The summed E-state index contributed by atoms with van der Waals surface area (Å²) < 4.78 is 66.0. The van der Waals surface area contributed by atoms with Gasteiger partial charge in [-0.2, -0.15) is 0 Å². The number of carbonyl (C=O) groups is 1. The maximum absolute atomic E-state index is 11.9. The molecule has 0 rings (SSSR count). The van der Waals surface area contributed by atoms with Gasteiger partial charge in [-0.3, -0.25) is 4.79 Å². The zero-order valence-corrected chi connectivity index (χ0v) is 39.6. The van der Waals surface area contributed by atoms with Crippen molar-refractivity contribution in [2.75, 3.05) is 152 Å². The molecular weight excluding hydrogens is 785 g/mol. The minimum Gasteiger partial charge on any atom is -0.463 e. The van der Waals surface area contributed by atoms with Gasteiger partial charge in [-0.15, -0.1) is 0 Å². The summed E-state index contributed by atoms with van der Waals surface area (Å²) in [5, 5.41) is 0. The van der Waals surface area contributed by atoms with Crippen molar-refractivity contribution in [3.8, 4) is 0 Å². The third kappa shape index (κ3) is 57.0. The van der Waals surface area contributed by atoms with Crippen LogP contribution in [0.2, 0.25) is 0 Å². The average molecular weight is 881 g/mol. The largest absolute Gasteiger partial charge is 0.463 e. The molecule has 0 fully saturated rings. The highest BCUT2D eigenvalue weighted by molar-refractivity contribution is 5.69. The first-order chi connectivity index (χ1) is 30.3. The fourth-order valence-corrected chi connectivity index (χ4v) is 6.21. The summed E-state index contributed by atoms with van der Waals surface area (Å²) >= 11 is 0. The minimum atomic E-state index is -0.129. The van der Waals surface area contributed by atoms with Gasteiger partial charge in [-0.1, -0.05) is 136 Å². The van der Waals surface area contributed by atoms with E-state index in [-0.39, 0.29) is 12.6 Å². The third-order valence-corrected chi connectivity index (χ3v) is 9.84. The summed E-state index contributed by atoms with van der Waals surface area (Å²) in [5.74, 6) is -0.129. The second kappa shape index (κ2) is 57.0. The molecule has 0 amide bonds. The Balaban J connectivity index is 3.12. The summed E-state index contributed by atoms with van der Waals surface area (Å²) in [6.45, 7) is 16.5. The fraction of sp³-hybridized carbons (Fsp3) is 0.979. The molecule has 0 saturated carbocycles. The van der Waals surface area contributed by atoms with Crippen LogP contribution in [0.5, 0.6) is 0 Å². The zero-order valence-electron chi connectivity index (χ0n) is 39.6. The van der Waals surface area contributed by atoms with Crippen LogP contribution >= 0.6 is 0 Å². The number of esters is 1. The van der Waals surface area contributed by atoms with E-state index in [0.29, 0.717) is 145 Å². The molecule has 0 aromatic heterocycles. The van der Waals surface area contributed by atoms with Crippen LogP contribution in [0.25, 0.3) is 0 Å². The van der Waals surface area contributed by atoms with Crippen LogP contribution in [0.1, 0.15) is 155 Å². The highest BCUT2D eigenvalue weighted by atomic mass is 16.6. The van der Waals surface area contributed by atoms with Crippen LogP contribution in [0.4, 0.5) is 0 Å².